The minimum Gasteiger partial charge on any atom is -0.348 e. The maximum atomic E-state index is 11.9. The molecular formula is C16H14N2O. The maximum absolute atomic E-state index is 11.9. The van der Waals surface area contributed by atoms with Gasteiger partial charge in [-0.3, -0.25) is 4.79 Å². The van der Waals surface area contributed by atoms with E-state index in [0.717, 1.165) is 11.1 Å². The van der Waals surface area contributed by atoms with Gasteiger partial charge in [0, 0.05) is 12.1 Å². The molecule has 1 N–H and O–H groups in total. The van der Waals surface area contributed by atoms with Gasteiger partial charge in [0.1, 0.15) is 0 Å². The van der Waals surface area contributed by atoms with Crippen molar-refractivity contribution in [3.05, 3.63) is 71.3 Å². The molecule has 19 heavy (non-hydrogen) atoms. The van der Waals surface area contributed by atoms with Crippen molar-refractivity contribution < 1.29 is 4.79 Å². The third-order valence-corrected chi connectivity index (χ3v) is 2.80. The van der Waals surface area contributed by atoms with Crippen molar-refractivity contribution in [3.63, 3.8) is 0 Å². The Bertz CT molecular complexity index is 582. The van der Waals surface area contributed by atoms with Crippen molar-refractivity contribution in [3.8, 4) is 6.07 Å². The lowest BCUT2D eigenvalue weighted by Gasteiger charge is -2.05. The van der Waals surface area contributed by atoms with Gasteiger partial charge in [0.15, 0.2) is 0 Å². The van der Waals surface area contributed by atoms with Crippen molar-refractivity contribution in [1.82, 2.24) is 5.32 Å². The molecule has 2 aromatic carbocycles. The normalized spacial score (nSPS) is 9.63. The lowest BCUT2D eigenvalue weighted by Crippen LogP contribution is -2.22. The number of benzene rings is 2. The first-order valence-corrected chi connectivity index (χ1v) is 6.07. The van der Waals surface area contributed by atoms with Crippen LogP contribution in [0.25, 0.3) is 0 Å². The molecule has 0 aliphatic heterocycles. The van der Waals surface area contributed by atoms with Crippen molar-refractivity contribution in [2.45, 2.75) is 13.0 Å². The van der Waals surface area contributed by atoms with E-state index in [4.69, 9.17) is 5.26 Å². The average molecular weight is 250 g/mol. The molecule has 0 aromatic heterocycles. The van der Waals surface area contributed by atoms with Crippen LogP contribution in [0.5, 0.6) is 0 Å². The quantitative estimate of drug-likeness (QED) is 0.907. The van der Waals surface area contributed by atoms with E-state index in [9.17, 15) is 4.79 Å². The molecule has 0 aliphatic rings. The predicted molar refractivity (Wildman–Crippen MR) is 73.4 cm³/mol. The van der Waals surface area contributed by atoms with Gasteiger partial charge in [0.05, 0.1) is 12.5 Å². The Hall–Kier alpha value is -2.60. The summed E-state index contributed by atoms with van der Waals surface area (Å²) in [5.74, 6) is -0.104. The molecule has 2 aromatic rings. The largest absolute Gasteiger partial charge is 0.348 e. The van der Waals surface area contributed by atoms with Crippen LogP contribution in [0.4, 0.5) is 0 Å². The SMILES string of the molecule is N#CCc1ccc(C(=O)NCc2ccccc2)cc1. The van der Waals surface area contributed by atoms with E-state index < -0.39 is 0 Å². The van der Waals surface area contributed by atoms with Gasteiger partial charge >= 0.3 is 0 Å². The molecule has 0 aliphatic carbocycles. The van der Waals surface area contributed by atoms with Crippen LogP contribution in [0.1, 0.15) is 21.5 Å². The Kier molecular flexibility index (Phi) is 4.30. The highest BCUT2D eigenvalue weighted by Gasteiger charge is 2.04. The number of nitrogens with zero attached hydrogens (tertiary/aromatic N) is 1. The van der Waals surface area contributed by atoms with Gasteiger partial charge in [0.25, 0.3) is 5.91 Å². The number of rotatable bonds is 4. The van der Waals surface area contributed by atoms with E-state index in [1.54, 1.807) is 24.3 Å². The number of carbonyl (C=O) groups excluding carboxylic acids is 1. The molecule has 3 heteroatoms. The molecule has 0 atom stereocenters. The van der Waals surface area contributed by atoms with Gasteiger partial charge in [-0.2, -0.15) is 5.26 Å². The van der Waals surface area contributed by atoms with Crippen molar-refractivity contribution in [2.75, 3.05) is 0 Å². The predicted octanol–water partition coefficient (Wildman–Crippen LogP) is 2.68. The Morgan fingerprint density at radius 1 is 1.00 bits per heavy atom. The molecular weight excluding hydrogens is 236 g/mol. The van der Waals surface area contributed by atoms with E-state index in [1.807, 2.05) is 30.3 Å². The lowest BCUT2D eigenvalue weighted by atomic mass is 10.1. The van der Waals surface area contributed by atoms with Crippen LogP contribution in [0, 0.1) is 11.3 Å². The smallest absolute Gasteiger partial charge is 0.251 e. The summed E-state index contributed by atoms with van der Waals surface area (Å²) in [6.45, 7) is 0.514. The first-order chi connectivity index (χ1) is 9.29. The van der Waals surface area contributed by atoms with Gasteiger partial charge in [-0.25, -0.2) is 0 Å². The van der Waals surface area contributed by atoms with Crippen LogP contribution >= 0.6 is 0 Å². The number of hydrogen-bond acceptors (Lipinski definition) is 2. The molecule has 0 radical (unpaired) electrons. The summed E-state index contributed by atoms with van der Waals surface area (Å²) in [5.41, 5.74) is 2.59. The monoisotopic (exact) mass is 250 g/mol. The fraction of sp³-hybridized carbons (Fsp3) is 0.125. The lowest BCUT2D eigenvalue weighted by molar-refractivity contribution is 0.0951. The van der Waals surface area contributed by atoms with Gasteiger partial charge in [-0.05, 0) is 23.3 Å². The summed E-state index contributed by atoms with van der Waals surface area (Å²) in [5, 5.41) is 11.4. The van der Waals surface area contributed by atoms with Crippen LogP contribution in [0.15, 0.2) is 54.6 Å². The van der Waals surface area contributed by atoms with E-state index in [1.165, 1.54) is 0 Å². The molecule has 0 unspecified atom stereocenters. The Balaban J connectivity index is 1.95. The zero-order valence-electron chi connectivity index (χ0n) is 10.5. The van der Waals surface area contributed by atoms with Crippen LogP contribution in [0.3, 0.4) is 0 Å². The van der Waals surface area contributed by atoms with Gasteiger partial charge in [-0.15, -0.1) is 0 Å². The Labute approximate surface area is 112 Å². The van der Waals surface area contributed by atoms with Gasteiger partial charge in [0.2, 0.25) is 0 Å². The van der Waals surface area contributed by atoms with E-state index in [-0.39, 0.29) is 5.91 Å². The zero-order chi connectivity index (χ0) is 13.5. The van der Waals surface area contributed by atoms with Crippen LogP contribution < -0.4 is 5.32 Å². The first kappa shape index (κ1) is 12.8. The first-order valence-electron chi connectivity index (χ1n) is 6.07. The molecule has 0 saturated heterocycles. The van der Waals surface area contributed by atoms with E-state index >= 15 is 0 Å². The molecule has 3 nitrogen and oxygen atoms in total. The molecule has 0 saturated carbocycles. The summed E-state index contributed by atoms with van der Waals surface area (Å²) < 4.78 is 0. The highest BCUT2D eigenvalue weighted by atomic mass is 16.1. The topological polar surface area (TPSA) is 52.9 Å². The second-order valence-corrected chi connectivity index (χ2v) is 4.20. The third-order valence-electron chi connectivity index (χ3n) is 2.80. The number of nitrogens with one attached hydrogen (secondary N) is 1. The minimum atomic E-state index is -0.104. The van der Waals surface area contributed by atoms with Crippen molar-refractivity contribution in [1.29, 1.82) is 5.26 Å². The number of amides is 1. The van der Waals surface area contributed by atoms with E-state index in [2.05, 4.69) is 11.4 Å². The molecule has 1 amide bonds. The summed E-state index contributed by atoms with van der Waals surface area (Å²) in [7, 11) is 0. The highest BCUT2D eigenvalue weighted by Crippen LogP contribution is 2.05. The fourth-order valence-corrected chi connectivity index (χ4v) is 1.75. The molecule has 94 valence electrons. The molecule has 2 rings (SSSR count). The number of carbonyl (C=O) groups is 1. The minimum absolute atomic E-state index is 0.104. The van der Waals surface area contributed by atoms with Gasteiger partial charge < -0.3 is 5.32 Å². The van der Waals surface area contributed by atoms with Crippen molar-refractivity contribution in [2.24, 2.45) is 0 Å². The second-order valence-electron chi connectivity index (χ2n) is 4.20. The zero-order valence-corrected chi connectivity index (χ0v) is 10.5. The molecule has 0 fully saturated rings. The summed E-state index contributed by atoms with van der Waals surface area (Å²) in [6.07, 6.45) is 0.367. The maximum Gasteiger partial charge on any atom is 0.251 e. The fourth-order valence-electron chi connectivity index (χ4n) is 1.75. The summed E-state index contributed by atoms with van der Waals surface area (Å²) in [4.78, 5) is 11.9. The Morgan fingerprint density at radius 2 is 1.68 bits per heavy atom. The number of hydrogen-bond donors (Lipinski definition) is 1. The highest BCUT2D eigenvalue weighted by molar-refractivity contribution is 5.94. The second kappa shape index (κ2) is 6.36. The third kappa shape index (κ3) is 3.68. The molecule has 0 heterocycles. The van der Waals surface area contributed by atoms with E-state index in [0.29, 0.717) is 18.5 Å². The summed E-state index contributed by atoms with van der Waals surface area (Å²) in [6, 6.07) is 18.9. The standard InChI is InChI=1S/C16H14N2O/c17-11-10-13-6-8-15(9-7-13)16(19)18-12-14-4-2-1-3-5-14/h1-9H,10,12H2,(H,18,19). The average Bonchev–Trinajstić information content (AvgIpc) is 2.47. The van der Waals surface area contributed by atoms with Crippen LogP contribution in [-0.4, -0.2) is 5.91 Å². The molecule has 0 bridgehead atoms. The number of nitriles is 1. The van der Waals surface area contributed by atoms with Crippen LogP contribution in [0.2, 0.25) is 0 Å². The van der Waals surface area contributed by atoms with Gasteiger partial charge in [-0.1, -0.05) is 42.5 Å². The Morgan fingerprint density at radius 3 is 2.32 bits per heavy atom. The van der Waals surface area contributed by atoms with Crippen LogP contribution in [-0.2, 0) is 13.0 Å². The summed E-state index contributed by atoms with van der Waals surface area (Å²) >= 11 is 0. The molecule has 0 spiro atoms. The van der Waals surface area contributed by atoms with Crippen molar-refractivity contribution >= 4 is 5.91 Å².